The van der Waals surface area contributed by atoms with Crippen LogP contribution in [0.2, 0.25) is 0 Å². The second-order valence-corrected chi connectivity index (χ2v) is 4.50. The monoisotopic (exact) mass is 229 g/mol. The van der Waals surface area contributed by atoms with Crippen molar-refractivity contribution in [3.63, 3.8) is 0 Å². The van der Waals surface area contributed by atoms with Crippen molar-refractivity contribution in [2.75, 3.05) is 6.61 Å². The molecule has 0 saturated heterocycles. The lowest BCUT2D eigenvalue weighted by Gasteiger charge is -2.12. The Morgan fingerprint density at radius 3 is 2.94 bits per heavy atom. The van der Waals surface area contributed by atoms with Crippen LogP contribution in [0, 0.1) is 12.3 Å². The average Bonchev–Trinajstić information content (AvgIpc) is 2.87. The smallest absolute Gasteiger partial charge is 0.148 e. The van der Waals surface area contributed by atoms with Crippen LogP contribution in [0.25, 0.3) is 0 Å². The molecule has 0 unspecified atom stereocenters. The molecule has 1 aromatic carbocycles. The highest BCUT2D eigenvalue weighted by Gasteiger charge is 2.13. The van der Waals surface area contributed by atoms with Crippen LogP contribution in [0.5, 0.6) is 5.75 Å². The number of hydrogen-bond donors (Lipinski definition) is 1. The highest BCUT2D eigenvalue weighted by atomic mass is 16.5. The van der Waals surface area contributed by atoms with Gasteiger partial charge in [-0.1, -0.05) is 30.9 Å². The van der Waals surface area contributed by atoms with Crippen LogP contribution in [-0.2, 0) is 6.54 Å². The normalized spacial score (nSPS) is 15.7. The van der Waals surface area contributed by atoms with Gasteiger partial charge in [0.25, 0.3) is 0 Å². The zero-order valence-electron chi connectivity index (χ0n) is 10.1. The summed E-state index contributed by atoms with van der Waals surface area (Å²) in [6.07, 6.45) is 10.5. The molecule has 2 heteroatoms. The van der Waals surface area contributed by atoms with Gasteiger partial charge in [0.1, 0.15) is 12.4 Å². The first-order chi connectivity index (χ1) is 8.38. The van der Waals surface area contributed by atoms with Crippen molar-refractivity contribution in [2.45, 2.75) is 38.3 Å². The zero-order valence-corrected chi connectivity index (χ0v) is 10.1. The van der Waals surface area contributed by atoms with Crippen LogP contribution in [0.1, 0.15) is 31.2 Å². The van der Waals surface area contributed by atoms with Crippen LogP contribution >= 0.6 is 0 Å². The van der Waals surface area contributed by atoms with E-state index in [0.29, 0.717) is 12.6 Å². The van der Waals surface area contributed by atoms with Crippen molar-refractivity contribution in [3.05, 3.63) is 29.8 Å². The van der Waals surface area contributed by atoms with E-state index in [0.717, 1.165) is 12.3 Å². The lowest BCUT2D eigenvalue weighted by Crippen LogP contribution is -2.25. The Hall–Kier alpha value is -1.46. The Balaban J connectivity index is 1.85. The number of nitrogens with one attached hydrogen (secondary N) is 1. The summed E-state index contributed by atoms with van der Waals surface area (Å²) in [7, 11) is 0. The minimum atomic E-state index is 0.333. The van der Waals surface area contributed by atoms with E-state index in [1.807, 2.05) is 12.1 Å². The highest BCUT2D eigenvalue weighted by molar-refractivity contribution is 5.28. The molecule has 1 saturated carbocycles. The molecule has 17 heavy (non-hydrogen) atoms. The van der Waals surface area contributed by atoms with Crippen LogP contribution in [0.3, 0.4) is 0 Å². The van der Waals surface area contributed by atoms with Gasteiger partial charge in [0.15, 0.2) is 0 Å². The summed E-state index contributed by atoms with van der Waals surface area (Å²) < 4.78 is 5.40. The van der Waals surface area contributed by atoms with Gasteiger partial charge in [-0.05, 0) is 30.5 Å². The third kappa shape index (κ3) is 3.80. The Morgan fingerprint density at radius 1 is 1.35 bits per heavy atom. The third-order valence-electron chi connectivity index (χ3n) is 3.17. The van der Waals surface area contributed by atoms with Gasteiger partial charge in [0.05, 0.1) is 0 Å². The lowest BCUT2D eigenvalue weighted by atomic mass is 10.2. The van der Waals surface area contributed by atoms with E-state index >= 15 is 0 Å². The van der Waals surface area contributed by atoms with Crippen molar-refractivity contribution >= 4 is 0 Å². The van der Waals surface area contributed by atoms with Crippen molar-refractivity contribution in [2.24, 2.45) is 0 Å². The fraction of sp³-hybridized carbons (Fsp3) is 0.467. The minimum Gasteiger partial charge on any atom is -0.481 e. The van der Waals surface area contributed by atoms with E-state index in [1.54, 1.807) is 0 Å². The fourth-order valence-electron chi connectivity index (χ4n) is 2.26. The van der Waals surface area contributed by atoms with Crippen molar-refractivity contribution in [1.82, 2.24) is 5.32 Å². The van der Waals surface area contributed by atoms with Crippen molar-refractivity contribution < 1.29 is 4.74 Å². The van der Waals surface area contributed by atoms with E-state index < -0.39 is 0 Å². The predicted octanol–water partition coefficient (Wildman–Crippen LogP) is 2.73. The maximum atomic E-state index is 5.40. The van der Waals surface area contributed by atoms with Gasteiger partial charge in [-0.25, -0.2) is 0 Å². The van der Waals surface area contributed by atoms with Gasteiger partial charge in [-0.3, -0.25) is 0 Å². The molecule has 1 aliphatic carbocycles. The summed E-state index contributed by atoms with van der Waals surface area (Å²) in [6.45, 7) is 1.25. The molecule has 0 spiro atoms. The first kappa shape index (κ1) is 12.0. The molecular formula is C15H19NO. The summed E-state index contributed by atoms with van der Waals surface area (Å²) in [5, 5.41) is 3.59. The lowest BCUT2D eigenvalue weighted by molar-refractivity contribution is 0.369. The highest BCUT2D eigenvalue weighted by Crippen LogP contribution is 2.19. The molecule has 90 valence electrons. The molecule has 0 amide bonds. The molecule has 0 radical (unpaired) electrons. The number of hydrogen-bond acceptors (Lipinski definition) is 2. The van der Waals surface area contributed by atoms with E-state index in [1.165, 1.54) is 31.2 Å². The molecule has 2 nitrogen and oxygen atoms in total. The van der Waals surface area contributed by atoms with Gasteiger partial charge >= 0.3 is 0 Å². The number of benzene rings is 1. The Labute approximate surface area is 103 Å². The minimum absolute atomic E-state index is 0.333. The standard InChI is InChI=1S/C15H19NO/c1-2-10-17-15-9-5-6-13(11-15)12-16-14-7-3-4-8-14/h1,5-6,9,11,14,16H,3-4,7-8,10,12H2. The van der Waals surface area contributed by atoms with Gasteiger partial charge in [-0.15, -0.1) is 6.42 Å². The number of rotatable bonds is 5. The molecule has 0 aliphatic heterocycles. The third-order valence-corrected chi connectivity index (χ3v) is 3.17. The zero-order chi connectivity index (χ0) is 11.9. The maximum Gasteiger partial charge on any atom is 0.148 e. The largest absolute Gasteiger partial charge is 0.481 e. The van der Waals surface area contributed by atoms with Crippen LogP contribution < -0.4 is 10.1 Å². The predicted molar refractivity (Wildman–Crippen MR) is 69.9 cm³/mol. The quantitative estimate of drug-likeness (QED) is 0.784. The molecule has 2 rings (SSSR count). The van der Waals surface area contributed by atoms with E-state index in [2.05, 4.69) is 23.4 Å². The van der Waals surface area contributed by atoms with E-state index in [-0.39, 0.29) is 0 Å². The molecule has 1 aliphatic rings. The van der Waals surface area contributed by atoms with Crippen LogP contribution in [0.4, 0.5) is 0 Å². The number of ether oxygens (including phenoxy) is 1. The number of terminal acetylenes is 1. The Kier molecular flexibility index (Phi) is 4.46. The van der Waals surface area contributed by atoms with Gasteiger partial charge in [-0.2, -0.15) is 0 Å². The molecule has 0 aromatic heterocycles. The van der Waals surface area contributed by atoms with Crippen molar-refractivity contribution in [1.29, 1.82) is 0 Å². The molecule has 0 bridgehead atoms. The summed E-state index contributed by atoms with van der Waals surface area (Å²) in [5.74, 6) is 3.33. The molecule has 1 N–H and O–H groups in total. The average molecular weight is 229 g/mol. The first-order valence-electron chi connectivity index (χ1n) is 6.27. The van der Waals surface area contributed by atoms with Gasteiger partial charge in [0, 0.05) is 12.6 Å². The van der Waals surface area contributed by atoms with E-state index in [4.69, 9.17) is 11.2 Å². The van der Waals surface area contributed by atoms with Crippen LogP contribution in [0.15, 0.2) is 24.3 Å². The summed E-state index contributed by atoms with van der Waals surface area (Å²) in [6, 6.07) is 8.82. The Morgan fingerprint density at radius 2 is 2.18 bits per heavy atom. The second-order valence-electron chi connectivity index (χ2n) is 4.50. The summed E-state index contributed by atoms with van der Waals surface area (Å²) >= 11 is 0. The molecule has 0 atom stereocenters. The van der Waals surface area contributed by atoms with Gasteiger partial charge in [0.2, 0.25) is 0 Å². The maximum absolute atomic E-state index is 5.40. The van der Waals surface area contributed by atoms with Gasteiger partial charge < -0.3 is 10.1 Å². The Bertz CT molecular complexity index is 388. The summed E-state index contributed by atoms with van der Waals surface area (Å²) in [5.41, 5.74) is 1.26. The SMILES string of the molecule is C#CCOc1cccc(CNC2CCCC2)c1. The van der Waals surface area contributed by atoms with E-state index in [9.17, 15) is 0 Å². The fourth-order valence-corrected chi connectivity index (χ4v) is 2.26. The molecular weight excluding hydrogens is 210 g/mol. The molecule has 1 aromatic rings. The molecule has 0 heterocycles. The summed E-state index contributed by atoms with van der Waals surface area (Å²) in [4.78, 5) is 0. The molecule has 1 fully saturated rings. The first-order valence-corrected chi connectivity index (χ1v) is 6.27. The van der Waals surface area contributed by atoms with Crippen molar-refractivity contribution in [3.8, 4) is 18.1 Å². The topological polar surface area (TPSA) is 21.3 Å². The van der Waals surface area contributed by atoms with Crippen LogP contribution in [-0.4, -0.2) is 12.6 Å². The second kappa shape index (κ2) is 6.32.